The molecule has 86 valence electrons. The van der Waals surface area contributed by atoms with Gasteiger partial charge in [0.05, 0.1) is 16.8 Å². The van der Waals surface area contributed by atoms with Crippen LogP contribution in [0.5, 0.6) is 0 Å². The Labute approximate surface area is 95.3 Å². The summed E-state index contributed by atoms with van der Waals surface area (Å²) in [5, 5.41) is 13.1. The largest absolute Gasteiger partial charge is 0.392 e. The molecule has 0 fully saturated rings. The van der Waals surface area contributed by atoms with Crippen molar-refractivity contribution in [2.24, 2.45) is 17.6 Å². The molecule has 0 aromatic carbocycles. The molecular formula is C11H20N2OS. The van der Waals surface area contributed by atoms with E-state index in [1.807, 2.05) is 12.3 Å². The number of aryl methyl sites for hydroxylation is 1. The molecule has 0 spiro atoms. The zero-order valence-electron chi connectivity index (χ0n) is 9.60. The first-order chi connectivity index (χ1) is 7.04. The summed E-state index contributed by atoms with van der Waals surface area (Å²) in [5.74, 6) is 0.566. The topological polar surface area (TPSA) is 59.1 Å². The molecule has 0 aliphatic rings. The lowest BCUT2D eigenvalue weighted by Crippen LogP contribution is -2.33. The van der Waals surface area contributed by atoms with Crippen LogP contribution < -0.4 is 5.73 Å². The van der Waals surface area contributed by atoms with E-state index in [0.29, 0.717) is 18.9 Å². The van der Waals surface area contributed by atoms with Gasteiger partial charge in [0.2, 0.25) is 0 Å². The summed E-state index contributed by atoms with van der Waals surface area (Å²) in [7, 11) is 0. The molecule has 3 N–H and O–H groups in total. The maximum absolute atomic E-state index is 10.0. The van der Waals surface area contributed by atoms with E-state index in [1.54, 1.807) is 11.3 Å². The maximum Gasteiger partial charge on any atom is 0.0897 e. The third kappa shape index (κ3) is 3.55. The quantitative estimate of drug-likeness (QED) is 0.804. The van der Waals surface area contributed by atoms with Crippen LogP contribution in [0.1, 0.15) is 24.5 Å². The molecular weight excluding hydrogens is 208 g/mol. The molecule has 0 aliphatic heterocycles. The van der Waals surface area contributed by atoms with E-state index in [9.17, 15) is 5.11 Å². The third-order valence-corrected chi connectivity index (χ3v) is 3.53. The number of hydrogen-bond acceptors (Lipinski definition) is 4. The highest BCUT2D eigenvalue weighted by Gasteiger charge is 2.22. The van der Waals surface area contributed by atoms with Crippen molar-refractivity contribution in [3.63, 3.8) is 0 Å². The number of aromatic nitrogens is 1. The van der Waals surface area contributed by atoms with Gasteiger partial charge in [-0.1, -0.05) is 13.8 Å². The summed E-state index contributed by atoms with van der Waals surface area (Å²) in [6, 6.07) is 0. The minimum Gasteiger partial charge on any atom is -0.392 e. The first kappa shape index (κ1) is 12.6. The summed E-state index contributed by atoms with van der Waals surface area (Å²) >= 11 is 1.62. The fourth-order valence-electron chi connectivity index (χ4n) is 1.74. The summed E-state index contributed by atoms with van der Waals surface area (Å²) in [5.41, 5.74) is 6.63. The van der Waals surface area contributed by atoms with Crippen LogP contribution in [0.4, 0.5) is 0 Å². The maximum atomic E-state index is 10.0. The fourth-order valence-corrected chi connectivity index (χ4v) is 2.37. The molecule has 4 heteroatoms. The number of thiazole rings is 1. The lowest BCUT2D eigenvalue weighted by atomic mass is 9.88. The molecule has 3 nitrogen and oxygen atoms in total. The van der Waals surface area contributed by atoms with Crippen LogP contribution in [0.2, 0.25) is 0 Å². The summed E-state index contributed by atoms with van der Waals surface area (Å²) in [4.78, 5) is 4.34. The molecule has 1 rings (SSSR count). The predicted octanol–water partition coefficient (Wildman–Crippen LogP) is 1.59. The van der Waals surface area contributed by atoms with Crippen molar-refractivity contribution >= 4 is 11.3 Å². The Kier molecular flexibility index (Phi) is 4.70. The minimum absolute atomic E-state index is 0.159. The van der Waals surface area contributed by atoms with Gasteiger partial charge < -0.3 is 10.8 Å². The van der Waals surface area contributed by atoms with Crippen LogP contribution in [-0.2, 0) is 6.42 Å². The van der Waals surface area contributed by atoms with Crippen molar-refractivity contribution in [2.45, 2.75) is 33.3 Å². The molecule has 2 unspecified atom stereocenters. The van der Waals surface area contributed by atoms with Gasteiger partial charge in [0, 0.05) is 11.8 Å². The molecule has 0 aliphatic carbocycles. The SMILES string of the molecule is Cc1nc(CC(O)C(CN)C(C)C)cs1. The van der Waals surface area contributed by atoms with Crippen LogP contribution >= 0.6 is 11.3 Å². The number of nitrogens with zero attached hydrogens (tertiary/aromatic N) is 1. The van der Waals surface area contributed by atoms with Gasteiger partial charge in [-0.3, -0.25) is 0 Å². The average molecular weight is 228 g/mol. The summed E-state index contributed by atoms with van der Waals surface area (Å²) < 4.78 is 0. The second-order valence-corrected chi connectivity index (χ2v) is 5.34. The number of hydrogen-bond donors (Lipinski definition) is 2. The van der Waals surface area contributed by atoms with Gasteiger partial charge in [-0.2, -0.15) is 0 Å². The van der Waals surface area contributed by atoms with Gasteiger partial charge >= 0.3 is 0 Å². The van der Waals surface area contributed by atoms with E-state index in [0.717, 1.165) is 10.7 Å². The van der Waals surface area contributed by atoms with Crippen molar-refractivity contribution in [1.82, 2.24) is 4.98 Å². The van der Waals surface area contributed by atoms with Crippen molar-refractivity contribution in [3.05, 3.63) is 16.1 Å². The molecule has 1 heterocycles. The minimum atomic E-state index is -0.378. The molecule has 1 aromatic rings. The van der Waals surface area contributed by atoms with Crippen LogP contribution in [0.25, 0.3) is 0 Å². The summed E-state index contributed by atoms with van der Waals surface area (Å²) in [6.07, 6.45) is 0.237. The van der Waals surface area contributed by atoms with Gasteiger partial charge in [-0.05, 0) is 25.3 Å². The number of aliphatic hydroxyl groups is 1. The number of rotatable bonds is 5. The van der Waals surface area contributed by atoms with Crippen LogP contribution in [0, 0.1) is 18.8 Å². The second kappa shape index (κ2) is 5.58. The highest BCUT2D eigenvalue weighted by atomic mass is 32.1. The molecule has 0 amide bonds. The lowest BCUT2D eigenvalue weighted by molar-refractivity contribution is 0.0856. The van der Waals surface area contributed by atoms with Crippen LogP contribution in [-0.4, -0.2) is 22.7 Å². The van der Waals surface area contributed by atoms with Crippen molar-refractivity contribution in [3.8, 4) is 0 Å². The Morgan fingerprint density at radius 3 is 2.60 bits per heavy atom. The fraction of sp³-hybridized carbons (Fsp3) is 0.727. The standard InChI is InChI=1S/C11H20N2OS/c1-7(2)10(5-12)11(14)4-9-6-15-8(3)13-9/h6-7,10-11,14H,4-5,12H2,1-3H3. The Morgan fingerprint density at radius 1 is 1.53 bits per heavy atom. The first-order valence-corrected chi connectivity index (χ1v) is 6.21. The van der Waals surface area contributed by atoms with Crippen molar-refractivity contribution < 1.29 is 5.11 Å². The number of nitrogens with two attached hydrogens (primary N) is 1. The van der Waals surface area contributed by atoms with E-state index < -0.39 is 0 Å². The van der Waals surface area contributed by atoms with Gasteiger partial charge in [-0.15, -0.1) is 11.3 Å². The smallest absolute Gasteiger partial charge is 0.0897 e. The van der Waals surface area contributed by atoms with Crippen LogP contribution in [0.15, 0.2) is 5.38 Å². The van der Waals surface area contributed by atoms with Crippen LogP contribution in [0.3, 0.4) is 0 Å². The van der Waals surface area contributed by atoms with Gasteiger partial charge in [0.25, 0.3) is 0 Å². The highest BCUT2D eigenvalue weighted by molar-refractivity contribution is 7.09. The first-order valence-electron chi connectivity index (χ1n) is 5.33. The predicted molar refractivity (Wildman–Crippen MR) is 63.9 cm³/mol. The van der Waals surface area contributed by atoms with Crippen molar-refractivity contribution in [1.29, 1.82) is 0 Å². The molecule has 1 aromatic heterocycles. The van der Waals surface area contributed by atoms with E-state index >= 15 is 0 Å². The zero-order valence-corrected chi connectivity index (χ0v) is 10.4. The van der Waals surface area contributed by atoms with Gasteiger partial charge in [-0.25, -0.2) is 4.98 Å². The molecule has 15 heavy (non-hydrogen) atoms. The molecule has 0 bridgehead atoms. The third-order valence-electron chi connectivity index (χ3n) is 2.71. The Bertz CT molecular complexity index is 299. The lowest BCUT2D eigenvalue weighted by Gasteiger charge is -2.24. The van der Waals surface area contributed by atoms with E-state index in [4.69, 9.17) is 5.73 Å². The second-order valence-electron chi connectivity index (χ2n) is 4.27. The van der Waals surface area contributed by atoms with E-state index in [2.05, 4.69) is 18.8 Å². The van der Waals surface area contributed by atoms with Gasteiger partial charge in [0.15, 0.2) is 0 Å². The Balaban J connectivity index is 2.57. The Hall–Kier alpha value is -0.450. The van der Waals surface area contributed by atoms with E-state index in [1.165, 1.54) is 0 Å². The summed E-state index contributed by atoms with van der Waals surface area (Å²) in [6.45, 7) is 6.69. The number of aliphatic hydroxyl groups excluding tert-OH is 1. The highest BCUT2D eigenvalue weighted by Crippen LogP contribution is 2.18. The molecule has 0 saturated carbocycles. The molecule has 0 saturated heterocycles. The zero-order chi connectivity index (χ0) is 11.4. The van der Waals surface area contributed by atoms with Gasteiger partial charge in [0.1, 0.15) is 0 Å². The Morgan fingerprint density at radius 2 is 2.20 bits per heavy atom. The average Bonchev–Trinajstić information content (AvgIpc) is 2.51. The van der Waals surface area contributed by atoms with Crippen molar-refractivity contribution in [2.75, 3.05) is 6.54 Å². The monoisotopic (exact) mass is 228 g/mol. The normalized spacial score (nSPS) is 15.6. The molecule has 2 atom stereocenters. The van der Waals surface area contributed by atoms with E-state index in [-0.39, 0.29) is 12.0 Å². The molecule has 0 radical (unpaired) electrons.